The first-order chi connectivity index (χ1) is 8.65. The number of rotatable bonds is 4. The van der Waals surface area contributed by atoms with E-state index in [1.165, 1.54) is 0 Å². The van der Waals surface area contributed by atoms with Crippen molar-refractivity contribution in [3.63, 3.8) is 0 Å². The Kier molecular flexibility index (Phi) is 4.22. The first kappa shape index (κ1) is 13.3. The largest absolute Gasteiger partial charge is 0.495 e. The Morgan fingerprint density at radius 1 is 1.44 bits per heavy atom. The predicted molar refractivity (Wildman–Crippen MR) is 76.6 cm³/mol. The van der Waals surface area contributed by atoms with Gasteiger partial charge in [-0.25, -0.2) is 4.98 Å². The van der Waals surface area contributed by atoms with Gasteiger partial charge in [0.25, 0.3) is 0 Å². The summed E-state index contributed by atoms with van der Waals surface area (Å²) in [6.07, 6.45) is 0. The molecular formula is C13H15ClN2OS. The maximum Gasteiger partial charge on any atom is 0.137 e. The molecule has 18 heavy (non-hydrogen) atoms. The second-order valence-electron chi connectivity index (χ2n) is 3.94. The molecule has 1 heterocycles. The zero-order valence-corrected chi connectivity index (χ0v) is 12.1. The summed E-state index contributed by atoms with van der Waals surface area (Å²) < 4.78 is 5.14. The number of thiazole rings is 1. The van der Waals surface area contributed by atoms with Crippen LogP contribution in [0.3, 0.4) is 0 Å². The van der Waals surface area contributed by atoms with E-state index in [1.54, 1.807) is 18.4 Å². The second-order valence-corrected chi connectivity index (χ2v) is 5.20. The van der Waals surface area contributed by atoms with Gasteiger partial charge in [-0.3, -0.25) is 0 Å². The Labute approximate surface area is 116 Å². The average molecular weight is 283 g/mol. The van der Waals surface area contributed by atoms with Crippen LogP contribution in [0.2, 0.25) is 5.02 Å². The number of hydrogen-bond donors (Lipinski definition) is 1. The van der Waals surface area contributed by atoms with Crippen molar-refractivity contribution in [1.29, 1.82) is 0 Å². The van der Waals surface area contributed by atoms with Gasteiger partial charge in [0.05, 0.1) is 17.8 Å². The van der Waals surface area contributed by atoms with Crippen LogP contribution in [0.1, 0.15) is 18.7 Å². The molecule has 2 aromatic rings. The Balaban J connectivity index is 2.31. The molecule has 0 radical (unpaired) electrons. The van der Waals surface area contributed by atoms with Crippen molar-refractivity contribution in [2.75, 3.05) is 14.2 Å². The number of benzene rings is 1. The molecule has 5 heteroatoms. The Hall–Kier alpha value is -1.10. The van der Waals surface area contributed by atoms with Crippen LogP contribution < -0.4 is 10.1 Å². The Morgan fingerprint density at radius 2 is 2.22 bits per heavy atom. The number of nitrogens with zero attached hydrogens (tertiary/aromatic N) is 1. The van der Waals surface area contributed by atoms with E-state index in [-0.39, 0.29) is 6.04 Å². The molecule has 1 unspecified atom stereocenters. The summed E-state index contributed by atoms with van der Waals surface area (Å²) in [6.45, 7) is 2.08. The van der Waals surface area contributed by atoms with E-state index in [4.69, 9.17) is 16.3 Å². The molecule has 3 nitrogen and oxygen atoms in total. The molecule has 0 aliphatic carbocycles. The zero-order valence-electron chi connectivity index (χ0n) is 10.5. The molecule has 0 fully saturated rings. The van der Waals surface area contributed by atoms with Gasteiger partial charge in [-0.15, -0.1) is 11.3 Å². The third-order valence-corrected chi connectivity index (χ3v) is 4.00. The minimum Gasteiger partial charge on any atom is -0.495 e. The summed E-state index contributed by atoms with van der Waals surface area (Å²) in [4.78, 5) is 4.60. The SMILES string of the molecule is CNC(C)c1csc(-c2ccc(OC)c(Cl)c2)n1. The van der Waals surface area contributed by atoms with E-state index in [1.807, 2.05) is 25.2 Å². The fourth-order valence-corrected chi connectivity index (χ4v) is 2.73. The van der Waals surface area contributed by atoms with Crippen LogP contribution in [0.4, 0.5) is 0 Å². The molecule has 1 aromatic carbocycles. The van der Waals surface area contributed by atoms with Gasteiger partial charge in [0.2, 0.25) is 0 Å². The predicted octanol–water partition coefficient (Wildman–Crippen LogP) is 3.75. The molecule has 96 valence electrons. The summed E-state index contributed by atoms with van der Waals surface area (Å²) in [5, 5.41) is 6.81. The quantitative estimate of drug-likeness (QED) is 0.927. The number of nitrogens with one attached hydrogen (secondary N) is 1. The van der Waals surface area contributed by atoms with Gasteiger partial charge in [-0.05, 0) is 32.2 Å². The monoisotopic (exact) mass is 282 g/mol. The molecular weight excluding hydrogens is 268 g/mol. The first-order valence-electron chi connectivity index (χ1n) is 5.62. The fourth-order valence-electron chi connectivity index (χ4n) is 1.56. The van der Waals surface area contributed by atoms with Crippen molar-refractivity contribution in [2.24, 2.45) is 0 Å². The Morgan fingerprint density at radius 3 is 2.83 bits per heavy atom. The average Bonchev–Trinajstić information content (AvgIpc) is 2.87. The van der Waals surface area contributed by atoms with Crippen molar-refractivity contribution < 1.29 is 4.74 Å². The molecule has 1 aromatic heterocycles. The lowest BCUT2D eigenvalue weighted by Gasteiger charge is -2.06. The van der Waals surface area contributed by atoms with Crippen LogP contribution >= 0.6 is 22.9 Å². The molecule has 0 saturated heterocycles. The molecule has 0 bridgehead atoms. The van der Waals surface area contributed by atoms with Gasteiger partial charge in [-0.2, -0.15) is 0 Å². The number of halogens is 1. The lowest BCUT2D eigenvalue weighted by atomic mass is 10.2. The molecule has 0 spiro atoms. The highest BCUT2D eigenvalue weighted by Gasteiger charge is 2.10. The van der Waals surface area contributed by atoms with E-state index in [9.17, 15) is 0 Å². The summed E-state index contributed by atoms with van der Waals surface area (Å²) in [7, 11) is 3.53. The zero-order chi connectivity index (χ0) is 13.1. The van der Waals surface area contributed by atoms with Crippen LogP contribution in [0.15, 0.2) is 23.6 Å². The topological polar surface area (TPSA) is 34.1 Å². The molecule has 2 rings (SSSR count). The van der Waals surface area contributed by atoms with E-state index in [2.05, 4.69) is 22.6 Å². The van der Waals surface area contributed by atoms with Crippen LogP contribution in [0, 0.1) is 0 Å². The molecule has 1 N–H and O–H groups in total. The minimum atomic E-state index is 0.253. The maximum atomic E-state index is 6.12. The fraction of sp³-hybridized carbons (Fsp3) is 0.308. The van der Waals surface area contributed by atoms with Crippen LogP contribution in [-0.2, 0) is 0 Å². The number of hydrogen-bond acceptors (Lipinski definition) is 4. The lowest BCUT2D eigenvalue weighted by molar-refractivity contribution is 0.415. The normalized spacial score (nSPS) is 12.4. The second kappa shape index (κ2) is 5.69. The lowest BCUT2D eigenvalue weighted by Crippen LogP contribution is -2.12. The maximum absolute atomic E-state index is 6.12. The number of methoxy groups -OCH3 is 1. The van der Waals surface area contributed by atoms with Gasteiger partial charge in [0.15, 0.2) is 0 Å². The van der Waals surface area contributed by atoms with Gasteiger partial charge in [-0.1, -0.05) is 11.6 Å². The van der Waals surface area contributed by atoms with Crippen molar-refractivity contribution in [1.82, 2.24) is 10.3 Å². The summed E-state index contributed by atoms with van der Waals surface area (Å²) >= 11 is 7.73. The highest BCUT2D eigenvalue weighted by Crippen LogP contribution is 2.32. The van der Waals surface area contributed by atoms with Crippen LogP contribution in [0.25, 0.3) is 10.6 Å². The highest BCUT2D eigenvalue weighted by atomic mass is 35.5. The summed E-state index contributed by atoms with van der Waals surface area (Å²) in [5.74, 6) is 0.681. The van der Waals surface area contributed by atoms with Crippen LogP contribution in [0.5, 0.6) is 5.75 Å². The van der Waals surface area contributed by atoms with E-state index in [0.717, 1.165) is 16.3 Å². The minimum absolute atomic E-state index is 0.253. The van der Waals surface area contributed by atoms with E-state index in [0.29, 0.717) is 10.8 Å². The van der Waals surface area contributed by atoms with Crippen molar-refractivity contribution in [3.8, 4) is 16.3 Å². The van der Waals surface area contributed by atoms with Gasteiger partial charge in [0.1, 0.15) is 10.8 Å². The molecule has 0 aliphatic heterocycles. The molecule has 0 saturated carbocycles. The van der Waals surface area contributed by atoms with Crippen molar-refractivity contribution in [3.05, 3.63) is 34.3 Å². The summed E-state index contributed by atoms with van der Waals surface area (Å²) in [6, 6.07) is 5.97. The Bertz CT molecular complexity index is 542. The first-order valence-corrected chi connectivity index (χ1v) is 6.88. The van der Waals surface area contributed by atoms with Crippen LogP contribution in [-0.4, -0.2) is 19.1 Å². The van der Waals surface area contributed by atoms with E-state index < -0.39 is 0 Å². The van der Waals surface area contributed by atoms with Gasteiger partial charge < -0.3 is 10.1 Å². The number of aromatic nitrogens is 1. The summed E-state index contributed by atoms with van der Waals surface area (Å²) in [5.41, 5.74) is 2.06. The number of ether oxygens (including phenoxy) is 1. The van der Waals surface area contributed by atoms with E-state index >= 15 is 0 Å². The third-order valence-electron chi connectivity index (χ3n) is 2.80. The van der Waals surface area contributed by atoms with Crippen molar-refractivity contribution >= 4 is 22.9 Å². The molecule has 0 aliphatic rings. The smallest absolute Gasteiger partial charge is 0.137 e. The van der Waals surface area contributed by atoms with Crippen molar-refractivity contribution in [2.45, 2.75) is 13.0 Å². The molecule has 1 atom stereocenters. The third kappa shape index (κ3) is 2.66. The highest BCUT2D eigenvalue weighted by molar-refractivity contribution is 7.13. The van der Waals surface area contributed by atoms with Gasteiger partial charge >= 0.3 is 0 Å². The molecule has 0 amide bonds. The standard InChI is InChI=1S/C13H15ClN2OS/c1-8(15-2)11-7-18-13(16-11)9-4-5-12(17-3)10(14)6-9/h4-8,15H,1-3H3. The van der Waals surface area contributed by atoms with Gasteiger partial charge in [0, 0.05) is 17.0 Å².